The van der Waals surface area contributed by atoms with Crippen LogP contribution in [0.1, 0.15) is 82.9 Å². The van der Waals surface area contributed by atoms with E-state index in [2.05, 4.69) is 52.8 Å². The second kappa shape index (κ2) is 11.5. The lowest BCUT2D eigenvalue weighted by Gasteiger charge is -2.46. The monoisotopic (exact) mass is 456 g/mol. The second-order valence-corrected chi connectivity index (χ2v) is 9.26. The van der Waals surface area contributed by atoms with Gasteiger partial charge in [0.15, 0.2) is 0 Å². The van der Waals surface area contributed by atoms with Gasteiger partial charge >= 0.3 is 0 Å². The largest absolute Gasteiger partial charge is 0.496 e. The number of nitrogen functional groups attached to an aromatic ring is 2. The summed E-state index contributed by atoms with van der Waals surface area (Å²) in [6.07, 6.45) is 5.31. The van der Waals surface area contributed by atoms with Gasteiger partial charge in [0.25, 0.3) is 0 Å². The summed E-state index contributed by atoms with van der Waals surface area (Å²) in [4.78, 5) is 0. The highest BCUT2D eigenvalue weighted by Gasteiger charge is 2.43. The van der Waals surface area contributed by atoms with Crippen LogP contribution in [-0.4, -0.2) is 21.3 Å². The van der Waals surface area contributed by atoms with E-state index < -0.39 is 0 Å². The average Bonchev–Trinajstić information content (AvgIpc) is 2.81. The maximum Gasteiger partial charge on any atom is 0.142 e. The van der Waals surface area contributed by atoms with Crippen LogP contribution in [0.4, 0.5) is 11.4 Å². The molecule has 184 valence electrons. The molecule has 0 aliphatic heterocycles. The number of methoxy groups -OCH3 is 3. The van der Waals surface area contributed by atoms with Crippen LogP contribution in [0.25, 0.3) is 0 Å². The molecule has 0 aromatic heterocycles. The minimum Gasteiger partial charge on any atom is -0.496 e. The van der Waals surface area contributed by atoms with Gasteiger partial charge in [0.1, 0.15) is 17.2 Å². The lowest BCUT2D eigenvalue weighted by Crippen LogP contribution is -2.35. The zero-order valence-electron chi connectivity index (χ0n) is 21.9. The first-order chi connectivity index (χ1) is 15.7. The summed E-state index contributed by atoms with van der Waals surface area (Å²) in [5, 5.41) is 0. The van der Waals surface area contributed by atoms with Crippen LogP contribution in [0, 0.1) is 11.3 Å². The molecule has 2 aromatic carbocycles. The molecule has 2 rings (SSSR count). The summed E-state index contributed by atoms with van der Waals surface area (Å²) in [5.74, 6) is 2.65. The normalized spacial score (nSPS) is 14.1. The predicted molar refractivity (Wildman–Crippen MR) is 140 cm³/mol. The first-order valence-electron chi connectivity index (χ1n) is 12.2. The van der Waals surface area contributed by atoms with E-state index >= 15 is 0 Å². The summed E-state index contributed by atoms with van der Waals surface area (Å²) in [7, 11) is 5.05. The molecule has 0 aliphatic rings. The third kappa shape index (κ3) is 5.18. The van der Waals surface area contributed by atoms with Gasteiger partial charge < -0.3 is 25.7 Å². The van der Waals surface area contributed by atoms with Crippen molar-refractivity contribution in [2.45, 2.75) is 72.6 Å². The molecule has 0 aliphatic carbocycles. The Balaban J connectivity index is 3.02. The van der Waals surface area contributed by atoms with Crippen molar-refractivity contribution in [2.24, 2.45) is 11.3 Å². The average molecular weight is 457 g/mol. The summed E-state index contributed by atoms with van der Waals surface area (Å²) in [6, 6.07) is 8.17. The van der Waals surface area contributed by atoms with Gasteiger partial charge in [-0.15, -0.1) is 0 Å². The van der Waals surface area contributed by atoms with Gasteiger partial charge in [-0.1, -0.05) is 47.5 Å². The van der Waals surface area contributed by atoms with E-state index in [0.29, 0.717) is 28.8 Å². The molecular weight excluding hydrogens is 412 g/mol. The molecule has 0 spiro atoms. The van der Waals surface area contributed by atoms with E-state index in [1.165, 1.54) is 11.1 Å². The topological polar surface area (TPSA) is 79.7 Å². The van der Waals surface area contributed by atoms with Gasteiger partial charge in [-0.05, 0) is 59.9 Å². The fraction of sp³-hybridized carbons (Fsp3) is 0.571. The quantitative estimate of drug-likeness (QED) is 0.343. The highest BCUT2D eigenvalue weighted by Crippen LogP contribution is 2.56. The van der Waals surface area contributed by atoms with Crippen molar-refractivity contribution in [1.29, 1.82) is 0 Å². The Morgan fingerprint density at radius 3 is 1.79 bits per heavy atom. The molecule has 5 heteroatoms. The van der Waals surface area contributed by atoms with E-state index in [9.17, 15) is 0 Å². The van der Waals surface area contributed by atoms with E-state index in [4.69, 9.17) is 25.7 Å². The summed E-state index contributed by atoms with van der Waals surface area (Å²) >= 11 is 0. The number of aryl methyl sites for hydroxylation is 1. The Bertz CT molecular complexity index is 864. The number of anilines is 2. The van der Waals surface area contributed by atoms with E-state index in [1.807, 2.05) is 6.07 Å². The maximum absolute atomic E-state index is 6.33. The summed E-state index contributed by atoms with van der Waals surface area (Å²) < 4.78 is 17.2. The van der Waals surface area contributed by atoms with Crippen LogP contribution in [0.2, 0.25) is 0 Å². The number of hydrogen-bond donors (Lipinski definition) is 2. The van der Waals surface area contributed by atoms with Gasteiger partial charge in [-0.2, -0.15) is 0 Å². The van der Waals surface area contributed by atoms with Gasteiger partial charge in [-0.25, -0.2) is 0 Å². The van der Waals surface area contributed by atoms with Crippen molar-refractivity contribution in [2.75, 3.05) is 32.8 Å². The fourth-order valence-corrected chi connectivity index (χ4v) is 5.43. The van der Waals surface area contributed by atoms with E-state index in [1.54, 1.807) is 21.3 Å². The lowest BCUT2D eigenvalue weighted by atomic mass is 9.58. The van der Waals surface area contributed by atoms with Crippen LogP contribution in [0.3, 0.4) is 0 Å². The molecule has 2 aromatic rings. The molecule has 33 heavy (non-hydrogen) atoms. The molecule has 4 N–H and O–H groups in total. The molecule has 0 heterocycles. The Morgan fingerprint density at radius 2 is 1.33 bits per heavy atom. The molecule has 0 amide bonds. The Kier molecular flexibility index (Phi) is 9.33. The van der Waals surface area contributed by atoms with Crippen molar-refractivity contribution in [3.8, 4) is 17.2 Å². The van der Waals surface area contributed by atoms with Crippen LogP contribution < -0.4 is 25.7 Å². The van der Waals surface area contributed by atoms with Gasteiger partial charge in [-0.3, -0.25) is 0 Å². The number of hydrogen-bond acceptors (Lipinski definition) is 5. The van der Waals surface area contributed by atoms with Crippen molar-refractivity contribution in [3.63, 3.8) is 0 Å². The predicted octanol–water partition coefficient (Wildman–Crippen LogP) is 6.81. The third-order valence-electron chi connectivity index (χ3n) is 7.46. The SMILES string of the molecule is CCCCC(CC)(C(C)C)C(c1cc(OC)c(N)cc1CC)c1cc(OC)c(N)cc1OC. The molecule has 2 unspecified atom stereocenters. The summed E-state index contributed by atoms with van der Waals surface area (Å²) in [5.41, 5.74) is 17.4. The second-order valence-electron chi connectivity index (χ2n) is 9.26. The zero-order chi connectivity index (χ0) is 24.8. The Labute approximate surface area is 200 Å². The van der Waals surface area contributed by atoms with Crippen molar-refractivity contribution < 1.29 is 14.2 Å². The highest BCUT2D eigenvalue weighted by atomic mass is 16.5. The number of ether oxygens (including phenoxy) is 3. The molecule has 0 saturated carbocycles. The number of nitrogens with two attached hydrogens (primary N) is 2. The minimum absolute atomic E-state index is 0.00450. The first kappa shape index (κ1) is 26.7. The van der Waals surface area contributed by atoms with Gasteiger partial charge in [0, 0.05) is 17.5 Å². The highest BCUT2D eigenvalue weighted by molar-refractivity contribution is 5.64. The minimum atomic E-state index is -0.00450. The van der Waals surface area contributed by atoms with Crippen molar-refractivity contribution >= 4 is 11.4 Å². The van der Waals surface area contributed by atoms with Crippen molar-refractivity contribution in [1.82, 2.24) is 0 Å². The first-order valence-corrected chi connectivity index (χ1v) is 12.2. The lowest BCUT2D eigenvalue weighted by molar-refractivity contribution is 0.128. The molecule has 2 atom stereocenters. The smallest absolute Gasteiger partial charge is 0.142 e. The van der Waals surface area contributed by atoms with E-state index in [-0.39, 0.29) is 11.3 Å². The number of rotatable bonds is 12. The van der Waals surface area contributed by atoms with Gasteiger partial charge in [0.2, 0.25) is 0 Å². The molecule has 0 fully saturated rings. The fourth-order valence-electron chi connectivity index (χ4n) is 5.43. The Morgan fingerprint density at radius 1 is 0.788 bits per heavy atom. The number of benzene rings is 2. The molecule has 0 saturated heterocycles. The van der Waals surface area contributed by atoms with Crippen LogP contribution in [0.5, 0.6) is 17.2 Å². The molecule has 0 radical (unpaired) electrons. The van der Waals surface area contributed by atoms with Crippen molar-refractivity contribution in [3.05, 3.63) is 41.0 Å². The standard InChI is InChI=1S/C28H44N2O3/c1-9-12-13-28(11-3,18(4)5)27(20-15-25(32-7)22(29)14-19(20)10-2)21-16-26(33-8)23(30)17-24(21)31-6/h14-18,27H,9-13,29-30H2,1-8H3. The van der Waals surface area contributed by atoms with Crippen LogP contribution in [0.15, 0.2) is 24.3 Å². The molecule has 5 nitrogen and oxygen atoms in total. The van der Waals surface area contributed by atoms with Gasteiger partial charge in [0.05, 0.1) is 32.7 Å². The zero-order valence-corrected chi connectivity index (χ0v) is 21.9. The van der Waals surface area contributed by atoms with Crippen LogP contribution >= 0.6 is 0 Å². The van der Waals surface area contributed by atoms with Crippen LogP contribution in [-0.2, 0) is 6.42 Å². The number of unbranched alkanes of at least 4 members (excludes halogenated alkanes) is 1. The maximum atomic E-state index is 6.33. The molecule has 0 bridgehead atoms. The third-order valence-corrected chi connectivity index (χ3v) is 7.46. The molecular formula is C28H44N2O3. The van der Waals surface area contributed by atoms with E-state index in [0.717, 1.165) is 43.4 Å². The summed E-state index contributed by atoms with van der Waals surface area (Å²) in [6.45, 7) is 11.4. The Hall–Kier alpha value is -2.56.